The molecule has 0 amide bonds. The summed E-state index contributed by atoms with van der Waals surface area (Å²) in [7, 11) is 8.49. The lowest BCUT2D eigenvalue weighted by Gasteiger charge is -2.31. The number of hydrogen-bond acceptors (Lipinski definition) is 4. The highest BCUT2D eigenvalue weighted by molar-refractivity contribution is 6.14. The van der Waals surface area contributed by atoms with E-state index in [-0.39, 0.29) is 6.17 Å². The van der Waals surface area contributed by atoms with Crippen molar-refractivity contribution >= 4 is 121 Å². The summed E-state index contributed by atoms with van der Waals surface area (Å²) in [4.78, 5) is 9.56. The molecule has 11 aromatic carbocycles. The number of benzene rings is 11. The summed E-state index contributed by atoms with van der Waals surface area (Å²) in [6, 6.07) is 95.1. The van der Waals surface area contributed by atoms with E-state index in [0.717, 1.165) is 0 Å². The minimum Gasteiger partial charge on any atom is -0.353 e. The number of anilines is 7. The van der Waals surface area contributed by atoms with Crippen molar-refractivity contribution in [1.29, 1.82) is 0 Å². The number of fused-ring (bicyclic) bond motifs is 20. The van der Waals surface area contributed by atoms with Crippen LogP contribution >= 0.6 is 0 Å². The predicted molar refractivity (Wildman–Crippen MR) is 420 cm³/mol. The third kappa shape index (κ3) is 10.9. The molecule has 0 radical (unpaired) electrons. The first-order chi connectivity index (χ1) is 48.6. The van der Waals surface area contributed by atoms with Gasteiger partial charge in [-0.05, 0) is 156 Å². The average Bonchev–Trinajstić information content (AvgIpc) is 1.42. The molecule has 0 aliphatic carbocycles. The lowest BCUT2D eigenvalue weighted by Crippen LogP contribution is -2.35. The first kappa shape index (κ1) is 64.3. The third-order valence-corrected chi connectivity index (χ3v) is 20.9. The van der Waals surface area contributed by atoms with Crippen LogP contribution in [0, 0.1) is 48.5 Å². The number of aromatic nitrogens is 6. The van der Waals surface area contributed by atoms with Gasteiger partial charge in [0.05, 0.1) is 46.3 Å². The molecule has 17 aromatic rings. The van der Waals surface area contributed by atoms with Crippen molar-refractivity contribution in [3.8, 4) is 0 Å². The number of nitrogens with zero attached hydrogens (tertiary/aromatic N) is 10. The third-order valence-electron chi connectivity index (χ3n) is 20.9. The van der Waals surface area contributed by atoms with Crippen molar-refractivity contribution in [2.24, 2.45) is 21.1 Å². The minimum atomic E-state index is 0.232. The van der Waals surface area contributed by atoms with E-state index in [1.54, 1.807) is 0 Å². The highest BCUT2D eigenvalue weighted by atomic mass is 15.4. The fraction of sp³-hybridized carbons (Fsp3) is 0.167. The molecule has 0 spiro atoms. The zero-order valence-corrected chi connectivity index (χ0v) is 59.7. The van der Waals surface area contributed by atoms with Gasteiger partial charge >= 0.3 is 0 Å². The Kier molecular flexibility index (Phi) is 16.9. The van der Waals surface area contributed by atoms with Crippen LogP contribution in [-0.4, -0.2) is 33.1 Å². The Balaban J connectivity index is 0.000000102. The first-order valence-electron chi connectivity index (χ1n) is 34.9. The highest BCUT2D eigenvalue weighted by Crippen LogP contribution is 2.49. The molecule has 2 aliphatic rings. The maximum absolute atomic E-state index is 2.43. The zero-order valence-electron chi connectivity index (χ0n) is 59.7. The summed E-state index contributed by atoms with van der Waals surface area (Å²) in [6.07, 6.45) is 4.90. The standard InChI is InChI=1S/C21H20N2.2C18H17N2.C17H15N2.C16H18N2/c1-16-10-6-7-13-19(16)23-17(2)22(18-11-4-3-5-12-18)20-14-8-9-15-21(20)23;1-12-7-6-10-16-14-8-4-5-9-15(14)18-13(2)11-19(3)20(18)17(12)16;1-12-7-6-10-16-14-8-4-5-9-15(14)17-11-13(2)19(3)20(17)18(12)16;1-12-6-5-9-15-13-7-3-4-8-14(13)16-10-11-18(2)19(16)17(12)15;1-12-8-4-5-9-14(12)18-13(2)17(3)15-10-6-7-11-16(15)18/h3-15,17H,1-2H3;2*4-11H,1-3H3;3-11H,1-2H3;4-11,13H,1-3H3/q;3*+1;/t17-;;;;13-/m1...1/s1. The van der Waals surface area contributed by atoms with E-state index in [0.29, 0.717) is 6.17 Å². The molecule has 0 unspecified atom stereocenters. The molecule has 10 heteroatoms. The van der Waals surface area contributed by atoms with Crippen LogP contribution in [0.4, 0.5) is 39.8 Å². The van der Waals surface area contributed by atoms with Gasteiger partial charge in [-0.3, -0.25) is 0 Å². The van der Waals surface area contributed by atoms with Crippen molar-refractivity contribution < 1.29 is 13.9 Å². The fourth-order valence-corrected chi connectivity index (χ4v) is 15.9. The Morgan fingerprint density at radius 3 is 1.29 bits per heavy atom. The van der Waals surface area contributed by atoms with Gasteiger partial charge in [-0.25, -0.2) is 0 Å². The largest absolute Gasteiger partial charge is 0.353 e. The molecular formula is C90H87N10+3. The molecule has 100 heavy (non-hydrogen) atoms. The molecule has 0 saturated heterocycles. The molecule has 0 fully saturated rings. The van der Waals surface area contributed by atoms with Crippen LogP contribution in [-0.2, 0) is 21.1 Å². The van der Waals surface area contributed by atoms with Gasteiger partial charge in [0, 0.05) is 74.3 Å². The van der Waals surface area contributed by atoms with Crippen molar-refractivity contribution in [1.82, 2.24) is 13.7 Å². The second kappa shape index (κ2) is 26.2. The maximum Gasteiger partial charge on any atom is 0.247 e. The molecule has 10 nitrogen and oxygen atoms in total. The lowest BCUT2D eigenvalue weighted by atomic mass is 10.0. The van der Waals surface area contributed by atoms with Gasteiger partial charge in [-0.1, -0.05) is 199 Å². The van der Waals surface area contributed by atoms with Gasteiger partial charge < -0.3 is 19.6 Å². The van der Waals surface area contributed by atoms with Crippen molar-refractivity contribution in [2.75, 3.05) is 26.6 Å². The summed E-state index contributed by atoms with van der Waals surface area (Å²) in [6.45, 7) is 19.7. The van der Waals surface area contributed by atoms with Crippen LogP contribution in [0.1, 0.15) is 52.9 Å². The average molecular weight is 1310 g/mol. The SMILES string of the molecule is Cc1cccc2c3ccccc3c3c(C)c[n+](C)n3c12.Cc1cccc2c3ccccc3c3cc(C)n(C)[n+]3c12.Cc1cccc2c3ccccc3c3cc[n+](C)n3c12.Cc1ccccc1N1c2ccccc2N(C)[C@H]1C.Cc1ccccc1N1c2ccccc2N(c2ccccc2)[C@H]1C. The van der Waals surface area contributed by atoms with Crippen LogP contribution in [0.2, 0.25) is 0 Å². The van der Waals surface area contributed by atoms with Gasteiger partial charge in [-0.15, -0.1) is 18.4 Å². The summed E-state index contributed by atoms with van der Waals surface area (Å²) >= 11 is 0. The second-order valence-electron chi connectivity index (χ2n) is 27.1. The summed E-state index contributed by atoms with van der Waals surface area (Å²) in [5.74, 6) is 0. The van der Waals surface area contributed by atoms with E-state index in [4.69, 9.17) is 0 Å². The molecule has 494 valence electrons. The molecule has 8 heterocycles. The number of pyridine rings is 3. The minimum absolute atomic E-state index is 0.232. The Morgan fingerprint density at radius 1 is 0.310 bits per heavy atom. The molecule has 0 N–H and O–H groups in total. The Bertz CT molecular complexity index is 5930. The highest BCUT2D eigenvalue weighted by Gasteiger charge is 2.36. The second-order valence-corrected chi connectivity index (χ2v) is 27.1. The first-order valence-corrected chi connectivity index (χ1v) is 34.9. The number of rotatable bonds is 3. The van der Waals surface area contributed by atoms with E-state index in [1.807, 2.05) is 0 Å². The topological polar surface area (TPSA) is 38.6 Å². The molecule has 0 saturated carbocycles. The Labute approximate surface area is 586 Å². The summed E-state index contributed by atoms with van der Waals surface area (Å²) in [5.41, 5.74) is 25.8. The van der Waals surface area contributed by atoms with Crippen LogP contribution in [0.3, 0.4) is 0 Å². The normalized spacial score (nSPS) is 14.0. The van der Waals surface area contributed by atoms with E-state index in [9.17, 15) is 0 Å². The fourth-order valence-electron chi connectivity index (χ4n) is 15.9. The van der Waals surface area contributed by atoms with Crippen LogP contribution < -0.4 is 33.5 Å². The Hall–Kier alpha value is -11.8. The van der Waals surface area contributed by atoms with Crippen molar-refractivity contribution in [3.63, 3.8) is 0 Å². The van der Waals surface area contributed by atoms with E-state index < -0.39 is 0 Å². The smallest absolute Gasteiger partial charge is 0.247 e. The van der Waals surface area contributed by atoms with Crippen LogP contribution in [0.5, 0.6) is 0 Å². The number of hydrogen-bond donors (Lipinski definition) is 0. The van der Waals surface area contributed by atoms with E-state index in [2.05, 4.69) is 417 Å². The van der Waals surface area contributed by atoms with Gasteiger partial charge in [0.25, 0.3) is 0 Å². The lowest BCUT2D eigenvalue weighted by molar-refractivity contribution is -0.735. The molecule has 19 rings (SSSR count). The van der Waals surface area contributed by atoms with E-state index in [1.165, 1.54) is 160 Å². The Morgan fingerprint density at radius 2 is 0.710 bits per heavy atom. The van der Waals surface area contributed by atoms with Gasteiger partial charge in [-0.2, -0.15) is 4.68 Å². The number of para-hydroxylation sites is 10. The predicted octanol–water partition coefficient (Wildman–Crippen LogP) is 20.3. The van der Waals surface area contributed by atoms with Gasteiger partial charge in [0.1, 0.15) is 34.4 Å². The van der Waals surface area contributed by atoms with Crippen molar-refractivity contribution in [3.05, 3.63) is 318 Å². The zero-order chi connectivity index (χ0) is 69.2. The molecule has 0 bridgehead atoms. The van der Waals surface area contributed by atoms with Crippen LogP contribution in [0.25, 0.3) is 81.6 Å². The quantitative estimate of drug-likeness (QED) is 0.131. The summed E-state index contributed by atoms with van der Waals surface area (Å²) < 4.78 is 13.5. The van der Waals surface area contributed by atoms with Gasteiger partial charge in [0.15, 0.2) is 26.5 Å². The molecule has 6 aromatic heterocycles. The van der Waals surface area contributed by atoms with Crippen LogP contribution in [0.15, 0.2) is 279 Å². The molecule has 2 atom stereocenters. The van der Waals surface area contributed by atoms with Gasteiger partial charge in [0.2, 0.25) is 11.0 Å². The number of aryl methyl sites for hydroxylation is 10. The monoisotopic (exact) mass is 1310 g/mol. The summed E-state index contributed by atoms with van der Waals surface area (Å²) in [5, 5.41) is 11.9. The maximum atomic E-state index is 2.43. The molecule has 2 aliphatic heterocycles. The molecular weight excluding hydrogens is 1220 g/mol. The van der Waals surface area contributed by atoms with E-state index >= 15 is 0 Å². The van der Waals surface area contributed by atoms with Crippen molar-refractivity contribution in [2.45, 2.75) is 74.6 Å².